The van der Waals surface area contributed by atoms with Crippen LogP contribution >= 0.6 is 0 Å². The SMILES string of the molecule is Cc1cc(C)c(NC(=O)C[NH+](C)Cc2cc(-c3ccccc3)on2)c(C)c1. The van der Waals surface area contributed by atoms with Gasteiger partial charge < -0.3 is 14.7 Å². The lowest BCUT2D eigenvalue weighted by molar-refractivity contribution is -0.885. The van der Waals surface area contributed by atoms with Crippen LogP contribution in [0.4, 0.5) is 5.69 Å². The summed E-state index contributed by atoms with van der Waals surface area (Å²) in [7, 11) is 1.98. The zero-order valence-electron chi connectivity index (χ0n) is 16.3. The van der Waals surface area contributed by atoms with Crippen molar-refractivity contribution in [3.8, 4) is 11.3 Å². The Bertz CT molecular complexity index is 909. The van der Waals surface area contributed by atoms with Gasteiger partial charge in [0.25, 0.3) is 5.91 Å². The predicted molar refractivity (Wildman–Crippen MR) is 107 cm³/mol. The predicted octanol–water partition coefficient (Wildman–Crippen LogP) is 2.92. The maximum atomic E-state index is 12.5. The fraction of sp³-hybridized carbons (Fsp3) is 0.273. The van der Waals surface area contributed by atoms with Gasteiger partial charge in [0.05, 0.1) is 7.05 Å². The molecule has 1 aromatic heterocycles. The van der Waals surface area contributed by atoms with Crippen LogP contribution < -0.4 is 10.2 Å². The number of likely N-dealkylation sites (N-methyl/N-ethyl adjacent to an activating group) is 1. The largest absolute Gasteiger partial charge is 0.356 e. The minimum atomic E-state index is -0.00525. The second-order valence-electron chi connectivity index (χ2n) is 7.18. The van der Waals surface area contributed by atoms with Crippen molar-refractivity contribution in [1.29, 1.82) is 0 Å². The number of nitrogens with zero attached hydrogens (tertiary/aromatic N) is 1. The molecule has 0 bridgehead atoms. The van der Waals surface area contributed by atoms with E-state index in [1.54, 1.807) is 0 Å². The molecule has 0 fully saturated rings. The molecule has 0 aliphatic heterocycles. The standard InChI is InChI=1S/C22H25N3O2/c1-15-10-16(2)22(17(3)11-15)23-21(26)14-25(4)13-19-12-20(27-24-19)18-8-6-5-7-9-18/h5-12H,13-14H2,1-4H3,(H,23,26)/p+1. The number of carbonyl (C=O) groups excluding carboxylic acids is 1. The number of aryl methyl sites for hydroxylation is 3. The van der Waals surface area contributed by atoms with E-state index >= 15 is 0 Å². The van der Waals surface area contributed by atoms with E-state index in [-0.39, 0.29) is 5.91 Å². The smallest absolute Gasteiger partial charge is 0.279 e. The Hall–Kier alpha value is -2.92. The van der Waals surface area contributed by atoms with E-state index in [9.17, 15) is 4.79 Å². The third-order valence-electron chi connectivity index (χ3n) is 4.50. The molecule has 0 radical (unpaired) electrons. The molecule has 3 rings (SSSR count). The van der Waals surface area contributed by atoms with Crippen LogP contribution in [0.3, 0.4) is 0 Å². The highest BCUT2D eigenvalue weighted by molar-refractivity contribution is 5.93. The monoisotopic (exact) mass is 364 g/mol. The molecule has 0 aliphatic rings. The number of nitrogens with one attached hydrogen (secondary N) is 2. The van der Waals surface area contributed by atoms with Crippen molar-refractivity contribution in [2.24, 2.45) is 0 Å². The molecule has 0 saturated heterocycles. The molecule has 3 aromatic rings. The highest BCUT2D eigenvalue weighted by atomic mass is 16.5. The third-order valence-corrected chi connectivity index (χ3v) is 4.50. The van der Waals surface area contributed by atoms with Gasteiger partial charge in [0.15, 0.2) is 12.3 Å². The van der Waals surface area contributed by atoms with Gasteiger partial charge in [-0.15, -0.1) is 0 Å². The van der Waals surface area contributed by atoms with E-state index in [2.05, 4.69) is 29.5 Å². The maximum absolute atomic E-state index is 12.5. The Labute approximate surface area is 160 Å². The van der Waals surface area contributed by atoms with Gasteiger partial charge >= 0.3 is 0 Å². The minimum absolute atomic E-state index is 0.00525. The van der Waals surface area contributed by atoms with E-state index < -0.39 is 0 Å². The summed E-state index contributed by atoms with van der Waals surface area (Å²) in [6.45, 7) is 7.08. The third kappa shape index (κ3) is 4.83. The lowest BCUT2D eigenvalue weighted by atomic mass is 10.1. The number of rotatable bonds is 6. The second-order valence-corrected chi connectivity index (χ2v) is 7.18. The molecule has 1 heterocycles. The van der Waals surface area contributed by atoms with Crippen molar-refractivity contribution >= 4 is 11.6 Å². The number of anilines is 1. The summed E-state index contributed by atoms with van der Waals surface area (Å²) in [6.07, 6.45) is 0. The molecule has 5 heteroatoms. The second kappa shape index (κ2) is 8.18. The average Bonchev–Trinajstić information content (AvgIpc) is 3.07. The summed E-state index contributed by atoms with van der Waals surface area (Å²) in [4.78, 5) is 13.5. The Balaban J connectivity index is 1.59. The Kier molecular flexibility index (Phi) is 5.72. The van der Waals surface area contributed by atoms with Crippen molar-refractivity contribution in [2.45, 2.75) is 27.3 Å². The molecular weight excluding hydrogens is 338 g/mol. The van der Waals surface area contributed by atoms with Crippen molar-refractivity contribution in [3.63, 3.8) is 0 Å². The highest BCUT2D eigenvalue weighted by Crippen LogP contribution is 2.22. The number of quaternary nitrogens is 1. The summed E-state index contributed by atoms with van der Waals surface area (Å²) >= 11 is 0. The molecule has 0 saturated carbocycles. The van der Waals surface area contributed by atoms with Gasteiger partial charge in [0, 0.05) is 17.3 Å². The Morgan fingerprint density at radius 1 is 1.07 bits per heavy atom. The molecule has 0 spiro atoms. The van der Waals surface area contributed by atoms with Gasteiger partial charge in [-0.3, -0.25) is 4.79 Å². The van der Waals surface area contributed by atoms with Crippen LogP contribution in [0.15, 0.2) is 53.1 Å². The van der Waals surface area contributed by atoms with E-state index in [4.69, 9.17) is 4.52 Å². The quantitative estimate of drug-likeness (QED) is 0.707. The molecule has 5 nitrogen and oxygen atoms in total. The van der Waals surface area contributed by atoms with Crippen LogP contribution in [0.5, 0.6) is 0 Å². The van der Waals surface area contributed by atoms with Gasteiger partial charge in [-0.05, 0) is 31.9 Å². The summed E-state index contributed by atoms with van der Waals surface area (Å²) in [5, 5.41) is 7.18. The number of benzene rings is 2. The molecule has 1 atom stereocenters. The van der Waals surface area contributed by atoms with E-state index in [0.29, 0.717) is 13.1 Å². The zero-order valence-corrected chi connectivity index (χ0v) is 16.3. The van der Waals surface area contributed by atoms with Crippen LogP contribution in [0.1, 0.15) is 22.4 Å². The van der Waals surface area contributed by atoms with Gasteiger partial charge in [-0.25, -0.2) is 0 Å². The van der Waals surface area contributed by atoms with Crippen LogP contribution in [0.25, 0.3) is 11.3 Å². The minimum Gasteiger partial charge on any atom is -0.356 e. The summed E-state index contributed by atoms with van der Waals surface area (Å²) in [5.74, 6) is 0.739. The Morgan fingerprint density at radius 2 is 1.74 bits per heavy atom. The van der Waals surface area contributed by atoms with Crippen molar-refractivity contribution in [1.82, 2.24) is 5.16 Å². The molecule has 27 heavy (non-hydrogen) atoms. The maximum Gasteiger partial charge on any atom is 0.279 e. The molecule has 2 aromatic carbocycles. The molecule has 1 amide bonds. The number of amides is 1. The molecule has 2 N–H and O–H groups in total. The van der Waals surface area contributed by atoms with Crippen molar-refractivity contribution in [3.05, 3.63) is 70.9 Å². The first-order valence-electron chi connectivity index (χ1n) is 9.12. The first-order valence-corrected chi connectivity index (χ1v) is 9.12. The van der Waals surface area contributed by atoms with E-state index in [1.807, 2.05) is 57.3 Å². The van der Waals surface area contributed by atoms with Gasteiger partial charge in [-0.1, -0.05) is 53.2 Å². The topological polar surface area (TPSA) is 59.6 Å². The van der Waals surface area contributed by atoms with Gasteiger partial charge in [-0.2, -0.15) is 0 Å². The van der Waals surface area contributed by atoms with E-state index in [1.165, 1.54) is 5.56 Å². The molecular formula is C22H26N3O2+. The van der Waals surface area contributed by atoms with Gasteiger partial charge in [0.1, 0.15) is 12.2 Å². The first-order chi connectivity index (χ1) is 12.9. The highest BCUT2D eigenvalue weighted by Gasteiger charge is 2.16. The van der Waals surface area contributed by atoms with E-state index in [0.717, 1.165) is 38.7 Å². The molecule has 140 valence electrons. The van der Waals surface area contributed by atoms with Crippen molar-refractivity contribution in [2.75, 3.05) is 18.9 Å². The summed E-state index contributed by atoms with van der Waals surface area (Å²) < 4.78 is 5.43. The molecule has 0 aliphatic carbocycles. The van der Waals surface area contributed by atoms with Crippen LogP contribution in [-0.4, -0.2) is 24.7 Å². The number of hydrogen-bond acceptors (Lipinski definition) is 3. The van der Waals surface area contributed by atoms with Crippen molar-refractivity contribution < 1.29 is 14.2 Å². The molecule has 1 unspecified atom stereocenters. The van der Waals surface area contributed by atoms with Gasteiger partial charge in [0.2, 0.25) is 0 Å². The van der Waals surface area contributed by atoms with Crippen LogP contribution in [0, 0.1) is 20.8 Å². The lowest BCUT2D eigenvalue weighted by Gasteiger charge is -2.15. The normalized spacial score (nSPS) is 12.0. The zero-order chi connectivity index (χ0) is 19.4. The number of aromatic nitrogens is 1. The Morgan fingerprint density at radius 3 is 2.41 bits per heavy atom. The number of hydrogen-bond donors (Lipinski definition) is 2. The average molecular weight is 364 g/mol. The fourth-order valence-corrected chi connectivity index (χ4v) is 3.34. The fourth-order valence-electron chi connectivity index (χ4n) is 3.34. The summed E-state index contributed by atoms with van der Waals surface area (Å²) in [6, 6.07) is 16.0. The summed E-state index contributed by atoms with van der Waals surface area (Å²) in [5.41, 5.74) is 6.11. The van der Waals surface area contributed by atoms with Crippen LogP contribution in [0.2, 0.25) is 0 Å². The number of carbonyl (C=O) groups is 1. The first kappa shape index (κ1) is 18.9. The lowest BCUT2D eigenvalue weighted by Crippen LogP contribution is -3.08. The van der Waals surface area contributed by atoms with Crippen LogP contribution in [-0.2, 0) is 11.3 Å².